The van der Waals surface area contributed by atoms with E-state index in [9.17, 15) is 0 Å². The van der Waals surface area contributed by atoms with Crippen LogP contribution in [0.25, 0.3) is 11.4 Å². The van der Waals surface area contributed by atoms with E-state index in [0.717, 1.165) is 48.6 Å². The van der Waals surface area contributed by atoms with E-state index in [4.69, 9.17) is 18.0 Å². The van der Waals surface area contributed by atoms with Crippen LogP contribution in [0.3, 0.4) is 0 Å². The van der Waals surface area contributed by atoms with Crippen molar-refractivity contribution in [3.63, 3.8) is 0 Å². The topological polar surface area (TPSA) is 81.7 Å². The second-order valence-electron chi connectivity index (χ2n) is 4.40. The average Bonchev–Trinajstić information content (AvgIpc) is 2.62. The molecule has 1 aliphatic heterocycles. The Morgan fingerprint density at radius 1 is 1.37 bits per heavy atom. The summed E-state index contributed by atoms with van der Waals surface area (Å²) < 4.78 is 1.58. The van der Waals surface area contributed by atoms with E-state index in [1.165, 1.54) is 0 Å². The summed E-state index contributed by atoms with van der Waals surface area (Å²) in [4.78, 5) is 8.40. The Morgan fingerprint density at radius 2 is 2.26 bits per heavy atom. The number of nitrogens with zero attached hydrogens (tertiary/aromatic N) is 4. The van der Waals surface area contributed by atoms with Gasteiger partial charge in [0.1, 0.15) is 17.2 Å². The van der Waals surface area contributed by atoms with Gasteiger partial charge in [0.2, 0.25) is 0 Å². The first-order chi connectivity index (χ1) is 9.27. The molecule has 2 aromatic heterocycles. The van der Waals surface area contributed by atoms with Crippen molar-refractivity contribution >= 4 is 23.1 Å². The summed E-state index contributed by atoms with van der Waals surface area (Å²) in [5.41, 5.74) is 8.41. The third-order valence-corrected chi connectivity index (χ3v) is 3.32. The number of anilines is 1. The fourth-order valence-electron chi connectivity index (χ4n) is 2.29. The van der Waals surface area contributed by atoms with Crippen LogP contribution in [0.2, 0.25) is 0 Å². The normalized spacial score (nSPS) is 14.3. The van der Waals surface area contributed by atoms with Gasteiger partial charge in [-0.3, -0.25) is 9.97 Å². The average molecular weight is 274 g/mol. The Balaban J connectivity index is 2.17. The molecule has 0 saturated heterocycles. The van der Waals surface area contributed by atoms with Gasteiger partial charge < -0.3 is 11.1 Å². The molecule has 0 aromatic carbocycles. The summed E-state index contributed by atoms with van der Waals surface area (Å²) in [6, 6.07) is 0. The van der Waals surface area contributed by atoms with Crippen LogP contribution in [0.15, 0.2) is 18.6 Å². The van der Waals surface area contributed by atoms with Crippen LogP contribution in [0, 0.1) is 0 Å². The number of hydrogen-bond donors (Lipinski definition) is 2. The van der Waals surface area contributed by atoms with Crippen molar-refractivity contribution in [1.82, 2.24) is 19.7 Å². The minimum atomic E-state index is 0.237. The van der Waals surface area contributed by atoms with E-state index in [1.807, 2.05) is 0 Å². The zero-order valence-corrected chi connectivity index (χ0v) is 11.2. The number of aromatic nitrogens is 4. The first-order valence-electron chi connectivity index (χ1n) is 6.19. The van der Waals surface area contributed by atoms with Crippen LogP contribution in [0.1, 0.15) is 18.4 Å². The summed E-state index contributed by atoms with van der Waals surface area (Å²) in [7, 11) is 0. The third-order valence-electron chi connectivity index (χ3n) is 3.14. The van der Waals surface area contributed by atoms with E-state index in [-0.39, 0.29) is 5.11 Å². The van der Waals surface area contributed by atoms with Crippen molar-refractivity contribution in [3.8, 4) is 11.4 Å². The second kappa shape index (κ2) is 4.93. The highest BCUT2D eigenvalue weighted by molar-refractivity contribution is 7.80. The minimum absolute atomic E-state index is 0.237. The molecule has 98 valence electrons. The number of hydrogen-bond acceptors (Lipinski definition) is 5. The lowest BCUT2D eigenvalue weighted by atomic mass is 10.1. The van der Waals surface area contributed by atoms with Crippen molar-refractivity contribution in [2.24, 2.45) is 5.73 Å². The molecule has 0 amide bonds. The number of rotatable bonds is 1. The predicted molar refractivity (Wildman–Crippen MR) is 76.9 cm³/mol. The monoisotopic (exact) mass is 274 g/mol. The molecule has 19 heavy (non-hydrogen) atoms. The highest BCUT2D eigenvalue weighted by Crippen LogP contribution is 2.30. The van der Waals surface area contributed by atoms with Gasteiger partial charge in [-0.15, -0.1) is 0 Å². The van der Waals surface area contributed by atoms with Crippen molar-refractivity contribution in [1.29, 1.82) is 0 Å². The van der Waals surface area contributed by atoms with Crippen molar-refractivity contribution in [3.05, 3.63) is 24.2 Å². The molecule has 0 spiro atoms. The van der Waals surface area contributed by atoms with Gasteiger partial charge in [0.25, 0.3) is 0 Å². The predicted octanol–water partition coefficient (Wildman–Crippen LogP) is 1.18. The molecule has 0 unspecified atom stereocenters. The number of nitrogens with two attached hydrogens (primary N) is 1. The summed E-state index contributed by atoms with van der Waals surface area (Å²) in [6.07, 6.45) is 8.17. The highest BCUT2D eigenvalue weighted by Gasteiger charge is 2.22. The van der Waals surface area contributed by atoms with Gasteiger partial charge in [-0.2, -0.15) is 9.78 Å². The number of thiocarbonyl (C=S) groups is 1. The molecule has 0 bridgehead atoms. The van der Waals surface area contributed by atoms with Gasteiger partial charge >= 0.3 is 0 Å². The highest BCUT2D eigenvalue weighted by atomic mass is 32.1. The van der Waals surface area contributed by atoms with Gasteiger partial charge in [0.15, 0.2) is 5.11 Å². The van der Waals surface area contributed by atoms with Gasteiger partial charge in [-0.25, -0.2) is 0 Å². The van der Waals surface area contributed by atoms with E-state index in [1.54, 1.807) is 23.3 Å². The summed E-state index contributed by atoms with van der Waals surface area (Å²) >= 11 is 5.06. The maximum atomic E-state index is 5.74. The van der Waals surface area contributed by atoms with Crippen molar-refractivity contribution in [2.45, 2.75) is 19.3 Å². The number of fused-ring (bicyclic) bond motifs is 1. The number of nitrogens with one attached hydrogen (secondary N) is 1. The molecule has 2 aromatic rings. The molecule has 1 aliphatic rings. The Kier molecular flexibility index (Phi) is 3.12. The fourth-order valence-corrected chi connectivity index (χ4v) is 2.42. The van der Waals surface area contributed by atoms with Crippen LogP contribution in [-0.4, -0.2) is 31.4 Å². The van der Waals surface area contributed by atoms with Crippen LogP contribution < -0.4 is 11.1 Å². The largest absolute Gasteiger partial charge is 0.374 e. The van der Waals surface area contributed by atoms with Gasteiger partial charge in [0.05, 0.1) is 6.20 Å². The molecule has 6 nitrogen and oxygen atoms in total. The lowest BCUT2D eigenvalue weighted by Gasteiger charge is -2.06. The zero-order chi connectivity index (χ0) is 13.2. The molecular formula is C12H14N6S. The Labute approximate surface area is 116 Å². The molecule has 0 saturated carbocycles. The van der Waals surface area contributed by atoms with E-state index in [2.05, 4.69) is 20.4 Å². The standard InChI is InChI=1S/C12H14N6S/c13-12(19)18-11-8(3-1-2-4-16-11)10(17-18)9-7-14-5-6-15-9/h5-7,16H,1-4H2,(H2,13,19). The van der Waals surface area contributed by atoms with Gasteiger partial charge in [-0.05, 0) is 31.5 Å². The quantitative estimate of drug-likeness (QED) is 0.760. The Bertz CT molecular complexity index is 606. The molecule has 0 aliphatic carbocycles. The Hall–Kier alpha value is -2.02. The smallest absolute Gasteiger partial charge is 0.193 e. The maximum Gasteiger partial charge on any atom is 0.193 e. The van der Waals surface area contributed by atoms with Gasteiger partial charge in [-0.1, -0.05) is 0 Å². The van der Waals surface area contributed by atoms with Crippen LogP contribution in [0.5, 0.6) is 0 Å². The fraction of sp³-hybridized carbons (Fsp3) is 0.333. The van der Waals surface area contributed by atoms with E-state index in [0.29, 0.717) is 0 Å². The second-order valence-corrected chi connectivity index (χ2v) is 4.82. The summed E-state index contributed by atoms with van der Waals surface area (Å²) in [5, 5.41) is 8.08. The van der Waals surface area contributed by atoms with Crippen LogP contribution >= 0.6 is 12.2 Å². The molecule has 3 heterocycles. The molecule has 0 radical (unpaired) electrons. The first-order valence-corrected chi connectivity index (χ1v) is 6.60. The van der Waals surface area contributed by atoms with E-state index < -0.39 is 0 Å². The molecule has 0 atom stereocenters. The maximum absolute atomic E-state index is 5.74. The zero-order valence-electron chi connectivity index (χ0n) is 10.3. The van der Waals surface area contributed by atoms with Crippen LogP contribution in [-0.2, 0) is 6.42 Å². The molecule has 3 rings (SSSR count). The van der Waals surface area contributed by atoms with Crippen LogP contribution in [0.4, 0.5) is 5.82 Å². The Morgan fingerprint density at radius 3 is 3.00 bits per heavy atom. The van der Waals surface area contributed by atoms with Gasteiger partial charge in [0, 0.05) is 24.5 Å². The first kappa shape index (κ1) is 12.0. The molecular weight excluding hydrogens is 260 g/mol. The lowest BCUT2D eigenvalue weighted by Crippen LogP contribution is -2.22. The summed E-state index contributed by atoms with van der Waals surface area (Å²) in [5.74, 6) is 0.894. The lowest BCUT2D eigenvalue weighted by molar-refractivity contribution is 0.781. The molecule has 7 heteroatoms. The molecule has 3 N–H and O–H groups in total. The van der Waals surface area contributed by atoms with Crippen molar-refractivity contribution < 1.29 is 0 Å². The molecule has 0 fully saturated rings. The summed E-state index contributed by atoms with van der Waals surface area (Å²) in [6.45, 7) is 0.904. The minimum Gasteiger partial charge on any atom is -0.374 e. The van der Waals surface area contributed by atoms with E-state index >= 15 is 0 Å². The third kappa shape index (κ3) is 2.17. The van der Waals surface area contributed by atoms with Crippen molar-refractivity contribution in [2.75, 3.05) is 11.9 Å². The SMILES string of the molecule is NC(=S)n1nc(-c2cnccn2)c2c1NCCCC2.